The van der Waals surface area contributed by atoms with Crippen molar-refractivity contribution in [3.63, 3.8) is 0 Å². The molecule has 0 aliphatic carbocycles. The Kier molecular flexibility index (Phi) is 3.02. The smallest absolute Gasteiger partial charge is 0.320 e. The average Bonchev–Trinajstić information content (AvgIpc) is 2.85. The lowest BCUT2D eigenvalue weighted by atomic mass is 10.1. The fourth-order valence-corrected chi connectivity index (χ4v) is 1.93. The van der Waals surface area contributed by atoms with Gasteiger partial charge in [-0.2, -0.15) is 0 Å². The van der Waals surface area contributed by atoms with Crippen molar-refractivity contribution in [2.45, 2.75) is 12.5 Å². The van der Waals surface area contributed by atoms with Crippen LogP contribution in [0.3, 0.4) is 0 Å². The fraction of sp³-hybridized carbons (Fsp3) is 0.200. The van der Waals surface area contributed by atoms with Crippen LogP contribution in [0.1, 0.15) is 5.69 Å². The Morgan fingerprint density at radius 1 is 1.69 bits per heavy atom. The van der Waals surface area contributed by atoms with Crippen LogP contribution in [0.5, 0.6) is 0 Å². The number of carbonyl (C=O) groups is 1. The fourth-order valence-electron chi connectivity index (χ4n) is 1.26. The van der Waals surface area contributed by atoms with E-state index in [9.17, 15) is 4.79 Å². The van der Waals surface area contributed by atoms with E-state index in [1.807, 2.05) is 17.5 Å². The highest BCUT2D eigenvalue weighted by molar-refractivity contribution is 7.13. The summed E-state index contributed by atoms with van der Waals surface area (Å²) in [6, 6.07) is 4.59. The maximum atomic E-state index is 10.6. The molecule has 6 heteroatoms. The number of aromatic nitrogens is 1. The predicted octanol–water partition coefficient (Wildman–Crippen LogP) is 1.36. The number of hydrogen-bond donors (Lipinski definition) is 2. The molecule has 0 saturated heterocycles. The molecule has 0 saturated carbocycles. The monoisotopic (exact) mass is 238 g/mol. The lowest BCUT2D eigenvalue weighted by Crippen LogP contribution is -2.32. The lowest BCUT2D eigenvalue weighted by molar-refractivity contribution is -0.138. The van der Waals surface area contributed by atoms with Gasteiger partial charge in [0.15, 0.2) is 5.76 Å². The third kappa shape index (κ3) is 2.29. The number of nitrogens with zero attached hydrogens (tertiary/aromatic N) is 1. The molecule has 1 unspecified atom stereocenters. The van der Waals surface area contributed by atoms with E-state index >= 15 is 0 Å². The Labute approximate surface area is 95.5 Å². The van der Waals surface area contributed by atoms with Crippen molar-refractivity contribution in [3.05, 3.63) is 29.3 Å². The predicted molar refractivity (Wildman–Crippen MR) is 59.1 cm³/mol. The van der Waals surface area contributed by atoms with Gasteiger partial charge >= 0.3 is 5.97 Å². The Morgan fingerprint density at radius 2 is 2.50 bits per heavy atom. The van der Waals surface area contributed by atoms with Crippen LogP contribution in [-0.4, -0.2) is 22.3 Å². The van der Waals surface area contributed by atoms with Crippen molar-refractivity contribution >= 4 is 17.3 Å². The van der Waals surface area contributed by atoms with Crippen LogP contribution in [0.25, 0.3) is 10.6 Å². The minimum absolute atomic E-state index is 0.171. The minimum Gasteiger partial charge on any atom is -0.480 e. The van der Waals surface area contributed by atoms with Crippen molar-refractivity contribution in [1.29, 1.82) is 0 Å². The second-order valence-electron chi connectivity index (χ2n) is 3.31. The first-order chi connectivity index (χ1) is 7.66. The zero-order chi connectivity index (χ0) is 11.5. The van der Waals surface area contributed by atoms with Gasteiger partial charge in [-0.1, -0.05) is 11.2 Å². The molecule has 0 aliphatic rings. The van der Waals surface area contributed by atoms with E-state index in [1.165, 1.54) is 11.3 Å². The van der Waals surface area contributed by atoms with Crippen LogP contribution in [-0.2, 0) is 11.2 Å². The molecule has 0 spiro atoms. The largest absolute Gasteiger partial charge is 0.480 e. The molecule has 2 aromatic heterocycles. The number of aliphatic carboxylic acids is 1. The molecule has 0 aromatic carbocycles. The topological polar surface area (TPSA) is 89.4 Å². The van der Waals surface area contributed by atoms with Gasteiger partial charge in [0.2, 0.25) is 0 Å². The van der Waals surface area contributed by atoms with Crippen molar-refractivity contribution in [3.8, 4) is 10.6 Å². The lowest BCUT2D eigenvalue weighted by Gasteiger charge is -2.00. The first-order valence-electron chi connectivity index (χ1n) is 4.64. The van der Waals surface area contributed by atoms with Crippen LogP contribution < -0.4 is 5.73 Å². The molecule has 0 aliphatic heterocycles. The molecule has 2 heterocycles. The number of carboxylic acids is 1. The molecule has 0 bridgehead atoms. The molecule has 84 valence electrons. The first kappa shape index (κ1) is 10.8. The van der Waals surface area contributed by atoms with Crippen LogP contribution >= 0.6 is 11.3 Å². The molecule has 5 nitrogen and oxygen atoms in total. The van der Waals surface area contributed by atoms with E-state index in [0.717, 1.165) is 4.88 Å². The van der Waals surface area contributed by atoms with Gasteiger partial charge < -0.3 is 15.4 Å². The third-order valence-corrected chi connectivity index (χ3v) is 2.95. The van der Waals surface area contributed by atoms with Crippen LogP contribution in [0, 0.1) is 0 Å². The molecule has 2 aromatic rings. The van der Waals surface area contributed by atoms with E-state index in [0.29, 0.717) is 11.5 Å². The summed E-state index contributed by atoms with van der Waals surface area (Å²) in [5.41, 5.74) is 5.95. The molecular weight excluding hydrogens is 228 g/mol. The maximum Gasteiger partial charge on any atom is 0.320 e. The van der Waals surface area contributed by atoms with Crippen molar-refractivity contribution in [2.75, 3.05) is 0 Å². The Morgan fingerprint density at radius 3 is 3.12 bits per heavy atom. The molecule has 16 heavy (non-hydrogen) atoms. The second-order valence-corrected chi connectivity index (χ2v) is 4.26. The first-order valence-corrected chi connectivity index (χ1v) is 5.52. The van der Waals surface area contributed by atoms with Gasteiger partial charge in [0.25, 0.3) is 0 Å². The summed E-state index contributed by atoms with van der Waals surface area (Å²) in [7, 11) is 0. The van der Waals surface area contributed by atoms with Gasteiger partial charge in [-0.3, -0.25) is 4.79 Å². The van der Waals surface area contributed by atoms with E-state index in [-0.39, 0.29) is 6.42 Å². The van der Waals surface area contributed by atoms with Gasteiger partial charge in [-0.25, -0.2) is 0 Å². The zero-order valence-corrected chi connectivity index (χ0v) is 9.11. The van der Waals surface area contributed by atoms with Gasteiger partial charge in [0, 0.05) is 12.5 Å². The summed E-state index contributed by atoms with van der Waals surface area (Å²) < 4.78 is 5.10. The molecule has 0 amide bonds. The SMILES string of the molecule is NC(Cc1cc(-c2cccs2)on1)C(=O)O. The molecule has 3 N–H and O–H groups in total. The van der Waals surface area contributed by atoms with Gasteiger partial charge in [-0.15, -0.1) is 11.3 Å². The van der Waals surface area contributed by atoms with Crippen LogP contribution in [0.15, 0.2) is 28.1 Å². The van der Waals surface area contributed by atoms with Crippen molar-refractivity contribution in [2.24, 2.45) is 5.73 Å². The van der Waals surface area contributed by atoms with E-state index < -0.39 is 12.0 Å². The summed E-state index contributed by atoms with van der Waals surface area (Å²) in [4.78, 5) is 11.5. The van der Waals surface area contributed by atoms with Gasteiger partial charge in [0.1, 0.15) is 6.04 Å². The third-order valence-electron chi connectivity index (χ3n) is 2.07. The maximum absolute atomic E-state index is 10.6. The zero-order valence-electron chi connectivity index (χ0n) is 8.29. The highest BCUT2D eigenvalue weighted by atomic mass is 32.1. The minimum atomic E-state index is -1.04. The number of thiophene rings is 1. The van der Waals surface area contributed by atoms with Crippen LogP contribution in [0.4, 0.5) is 0 Å². The second kappa shape index (κ2) is 4.46. The van der Waals surface area contributed by atoms with Gasteiger partial charge in [-0.05, 0) is 11.4 Å². The molecule has 0 radical (unpaired) electrons. The summed E-state index contributed by atoms with van der Waals surface area (Å²) in [6.07, 6.45) is 0.171. The number of carboxylic acid groups (broad SMARTS) is 1. The van der Waals surface area contributed by atoms with E-state index in [2.05, 4.69) is 5.16 Å². The Hall–Kier alpha value is -1.66. The summed E-state index contributed by atoms with van der Waals surface area (Å²) in [5, 5.41) is 14.4. The highest BCUT2D eigenvalue weighted by Gasteiger charge is 2.15. The van der Waals surface area contributed by atoms with E-state index in [4.69, 9.17) is 15.4 Å². The molecule has 1 atom stereocenters. The van der Waals surface area contributed by atoms with Crippen LogP contribution in [0.2, 0.25) is 0 Å². The van der Waals surface area contributed by atoms with E-state index in [1.54, 1.807) is 6.07 Å². The summed E-state index contributed by atoms with van der Waals surface area (Å²) in [6.45, 7) is 0. The number of nitrogens with two attached hydrogens (primary N) is 1. The average molecular weight is 238 g/mol. The molecule has 0 fully saturated rings. The van der Waals surface area contributed by atoms with Crippen molar-refractivity contribution in [1.82, 2.24) is 5.16 Å². The highest BCUT2D eigenvalue weighted by Crippen LogP contribution is 2.25. The van der Waals surface area contributed by atoms with Crippen molar-refractivity contribution < 1.29 is 14.4 Å². The standard InChI is InChI=1S/C10H10N2O3S/c11-7(10(13)14)4-6-5-8(15-12-6)9-2-1-3-16-9/h1-3,5,7H,4,11H2,(H,13,14). The molecule has 2 rings (SSSR count). The number of rotatable bonds is 4. The summed E-state index contributed by atoms with van der Waals surface area (Å²) in [5.74, 6) is -0.400. The Bertz CT molecular complexity index is 478. The normalized spacial score (nSPS) is 12.6. The molecular formula is C10H10N2O3S. The Balaban J connectivity index is 2.11. The number of hydrogen-bond acceptors (Lipinski definition) is 5. The van der Waals surface area contributed by atoms with Gasteiger partial charge in [0.05, 0.1) is 10.6 Å². The quantitative estimate of drug-likeness (QED) is 0.839. The summed E-state index contributed by atoms with van der Waals surface area (Å²) >= 11 is 1.53.